The van der Waals surface area contributed by atoms with Crippen LogP contribution >= 0.6 is 11.8 Å². The molecule has 1 N–H and O–H groups in total. The predicted octanol–water partition coefficient (Wildman–Crippen LogP) is 4.29. The molecule has 1 saturated carbocycles. The molecule has 1 amide bonds. The van der Waals surface area contributed by atoms with Crippen molar-refractivity contribution in [1.82, 2.24) is 14.9 Å². The third-order valence-electron chi connectivity index (χ3n) is 5.47. The summed E-state index contributed by atoms with van der Waals surface area (Å²) in [5.74, 6) is 0.141. The minimum absolute atomic E-state index is 0.137. The average Bonchev–Trinajstić information content (AvgIpc) is 3.29. The first-order chi connectivity index (χ1) is 12.7. The van der Waals surface area contributed by atoms with Crippen molar-refractivity contribution in [3.63, 3.8) is 0 Å². The van der Waals surface area contributed by atoms with E-state index in [4.69, 9.17) is 4.98 Å². The van der Waals surface area contributed by atoms with E-state index in [1.54, 1.807) is 11.8 Å². The van der Waals surface area contributed by atoms with Crippen LogP contribution in [0.1, 0.15) is 56.8 Å². The van der Waals surface area contributed by atoms with Crippen molar-refractivity contribution in [2.45, 2.75) is 74.7 Å². The smallest absolute Gasteiger partial charge is 0.233 e. The van der Waals surface area contributed by atoms with E-state index in [9.17, 15) is 4.79 Å². The molecule has 5 heteroatoms. The summed E-state index contributed by atoms with van der Waals surface area (Å²) in [6, 6.07) is 10.8. The SMILES string of the molecule is CC(Sc1nc2c(n1-c1ccccc1)CCCC2)C(=O)NC1CCCC1. The summed E-state index contributed by atoms with van der Waals surface area (Å²) in [7, 11) is 0. The van der Waals surface area contributed by atoms with Gasteiger partial charge in [-0.1, -0.05) is 42.8 Å². The summed E-state index contributed by atoms with van der Waals surface area (Å²) in [6.45, 7) is 2.00. The Morgan fingerprint density at radius 3 is 2.65 bits per heavy atom. The Bertz CT molecular complexity index is 765. The number of nitrogens with zero attached hydrogens (tertiary/aromatic N) is 2. The zero-order valence-corrected chi connectivity index (χ0v) is 16.2. The van der Waals surface area contributed by atoms with Gasteiger partial charge in [-0.2, -0.15) is 0 Å². The number of hydrogen-bond donors (Lipinski definition) is 1. The van der Waals surface area contributed by atoms with Gasteiger partial charge in [-0.15, -0.1) is 0 Å². The number of amides is 1. The zero-order chi connectivity index (χ0) is 17.9. The van der Waals surface area contributed by atoms with Gasteiger partial charge < -0.3 is 5.32 Å². The number of nitrogens with one attached hydrogen (secondary N) is 1. The maximum absolute atomic E-state index is 12.6. The van der Waals surface area contributed by atoms with E-state index in [2.05, 4.69) is 34.1 Å². The van der Waals surface area contributed by atoms with Crippen LogP contribution in [-0.4, -0.2) is 26.8 Å². The Labute approximate surface area is 159 Å². The van der Waals surface area contributed by atoms with Crippen LogP contribution in [0, 0.1) is 0 Å². The molecule has 1 atom stereocenters. The molecule has 1 heterocycles. The molecule has 0 radical (unpaired) electrons. The Morgan fingerprint density at radius 2 is 1.88 bits per heavy atom. The van der Waals surface area contributed by atoms with Gasteiger partial charge in [-0.25, -0.2) is 4.98 Å². The molecule has 4 nitrogen and oxygen atoms in total. The number of aromatic nitrogens is 2. The topological polar surface area (TPSA) is 46.9 Å². The molecule has 0 bridgehead atoms. The molecule has 0 saturated heterocycles. The van der Waals surface area contributed by atoms with Crippen LogP contribution in [0.3, 0.4) is 0 Å². The lowest BCUT2D eigenvalue weighted by molar-refractivity contribution is -0.120. The molecule has 2 aromatic rings. The second kappa shape index (κ2) is 7.87. The fraction of sp³-hybridized carbons (Fsp3) is 0.524. The number of rotatable bonds is 5. The van der Waals surface area contributed by atoms with Gasteiger partial charge >= 0.3 is 0 Å². The number of fused-ring (bicyclic) bond motifs is 1. The molecule has 1 aromatic carbocycles. The Kier molecular flexibility index (Phi) is 5.34. The zero-order valence-electron chi connectivity index (χ0n) is 15.4. The van der Waals surface area contributed by atoms with Crippen LogP contribution in [0.5, 0.6) is 0 Å². The number of imidazole rings is 1. The minimum atomic E-state index is -0.137. The molecular weight excluding hydrogens is 342 g/mol. The molecule has 138 valence electrons. The average molecular weight is 370 g/mol. The van der Waals surface area contributed by atoms with E-state index in [0.717, 1.165) is 36.5 Å². The number of aryl methyl sites for hydroxylation is 1. The van der Waals surface area contributed by atoms with Gasteiger partial charge in [0, 0.05) is 17.4 Å². The van der Waals surface area contributed by atoms with Crippen LogP contribution in [0.4, 0.5) is 0 Å². The highest BCUT2D eigenvalue weighted by Crippen LogP contribution is 2.32. The van der Waals surface area contributed by atoms with E-state index in [-0.39, 0.29) is 11.2 Å². The minimum Gasteiger partial charge on any atom is -0.352 e. The number of thioether (sulfide) groups is 1. The van der Waals surface area contributed by atoms with Crippen molar-refractivity contribution < 1.29 is 4.79 Å². The molecule has 4 rings (SSSR count). The van der Waals surface area contributed by atoms with Crippen molar-refractivity contribution in [3.05, 3.63) is 41.7 Å². The summed E-state index contributed by atoms with van der Waals surface area (Å²) in [6.07, 6.45) is 9.25. The molecule has 26 heavy (non-hydrogen) atoms. The molecule has 2 aliphatic rings. The molecule has 1 fully saturated rings. The van der Waals surface area contributed by atoms with E-state index in [1.165, 1.54) is 37.1 Å². The first-order valence-electron chi connectivity index (χ1n) is 9.85. The van der Waals surface area contributed by atoms with Crippen LogP contribution in [0.25, 0.3) is 5.69 Å². The van der Waals surface area contributed by atoms with Crippen molar-refractivity contribution in [2.75, 3.05) is 0 Å². The third-order valence-corrected chi connectivity index (χ3v) is 6.52. The van der Waals surface area contributed by atoms with Crippen molar-refractivity contribution >= 4 is 17.7 Å². The fourth-order valence-electron chi connectivity index (χ4n) is 4.04. The number of carbonyl (C=O) groups is 1. The molecule has 1 unspecified atom stereocenters. The standard InChI is InChI=1S/C21H27N3OS/c1-15(20(25)22-16-9-5-6-10-16)26-21-23-18-13-7-8-14-19(18)24(21)17-11-3-2-4-12-17/h2-4,11-12,15-16H,5-10,13-14H2,1H3,(H,22,25). The highest BCUT2D eigenvalue weighted by Gasteiger charge is 2.26. The van der Waals surface area contributed by atoms with Crippen molar-refractivity contribution in [2.24, 2.45) is 0 Å². The first kappa shape index (κ1) is 17.7. The second-order valence-corrected chi connectivity index (χ2v) is 8.72. The lowest BCUT2D eigenvalue weighted by atomic mass is 10.0. The summed E-state index contributed by atoms with van der Waals surface area (Å²) in [4.78, 5) is 17.6. The van der Waals surface area contributed by atoms with Gasteiger partial charge in [0.25, 0.3) is 0 Å². The van der Waals surface area contributed by atoms with Crippen molar-refractivity contribution in [1.29, 1.82) is 0 Å². The van der Waals surface area contributed by atoms with E-state index < -0.39 is 0 Å². The second-order valence-electron chi connectivity index (χ2n) is 7.42. The third kappa shape index (κ3) is 3.68. The lowest BCUT2D eigenvalue weighted by Crippen LogP contribution is -2.37. The highest BCUT2D eigenvalue weighted by atomic mass is 32.2. The quantitative estimate of drug-likeness (QED) is 0.800. The summed E-state index contributed by atoms with van der Waals surface area (Å²) in [5, 5.41) is 4.04. The Morgan fingerprint density at radius 1 is 1.15 bits per heavy atom. The Balaban J connectivity index is 1.57. The maximum atomic E-state index is 12.6. The highest BCUT2D eigenvalue weighted by molar-refractivity contribution is 8.00. The van der Waals surface area contributed by atoms with Crippen LogP contribution < -0.4 is 5.32 Å². The maximum Gasteiger partial charge on any atom is 0.233 e. The van der Waals surface area contributed by atoms with Gasteiger partial charge in [0.1, 0.15) is 0 Å². The number of para-hydroxylation sites is 1. The van der Waals surface area contributed by atoms with Gasteiger partial charge in [-0.3, -0.25) is 9.36 Å². The molecule has 2 aliphatic carbocycles. The van der Waals surface area contributed by atoms with Gasteiger partial charge in [0.2, 0.25) is 5.91 Å². The number of benzene rings is 1. The van der Waals surface area contributed by atoms with Crippen LogP contribution in [0.2, 0.25) is 0 Å². The fourth-order valence-corrected chi connectivity index (χ4v) is 5.01. The van der Waals surface area contributed by atoms with Crippen molar-refractivity contribution in [3.8, 4) is 5.69 Å². The summed E-state index contributed by atoms with van der Waals surface area (Å²) < 4.78 is 2.28. The normalized spacial score (nSPS) is 18.5. The molecule has 1 aromatic heterocycles. The largest absolute Gasteiger partial charge is 0.352 e. The summed E-state index contributed by atoms with van der Waals surface area (Å²) in [5.41, 5.74) is 3.69. The van der Waals surface area contributed by atoms with Gasteiger partial charge in [0.05, 0.1) is 10.9 Å². The molecule has 0 spiro atoms. The Hall–Kier alpha value is -1.75. The van der Waals surface area contributed by atoms with E-state index in [1.807, 2.05) is 13.0 Å². The number of carbonyl (C=O) groups excluding carboxylic acids is 1. The molecule has 0 aliphatic heterocycles. The van der Waals surface area contributed by atoms with Gasteiger partial charge in [-0.05, 0) is 57.6 Å². The van der Waals surface area contributed by atoms with E-state index in [0.29, 0.717) is 6.04 Å². The molecular formula is C21H27N3OS. The van der Waals surface area contributed by atoms with Gasteiger partial charge in [0.15, 0.2) is 5.16 Å². The summed E-state index contributed by atoms with van der Waals surface area (Å²) >= 11 is 1.59. The lowest BCUT2D eigenvalue weighted by Gasteiger charge is -2.18. The number of hydrogen-bond acceptors (Lipinski definition) is 3. The predicted molar refractivity (Wildman–Crippen MR) is 106 cm³/mol. The van der Waals surface area contributed by atoms with E-state index >= 15 is 0 Å². The first-order valence-corrected chi connectivity index (χ1v) is 10.7. The monoisotopic (exact) mass is 369 g/mol. The van der Waals surface area contributed by atoms with Crippen LogP contribution in [0.15, 0.2) is 35.5 Å². The van der Waals surface area contributed by atoms with Crippen LogP contribution in [-0.2, 0) is 17.6 Å².